The van der Waals surface area contributed by atoms with Gasteiger partial charge in [-0.1, -0.05) is 54.6 Å². The number of hydrogen-bond donors (Lipinski definition) is 1. The lowest BCUT2D eigenvalue weighted by Crippen LogP contribution is -2.24. The monoisotopic (exact) mass is 302 g/mol. The molecule has 114 valence electrons. The number of benzene rings is 2. The Morgan fingerprint density at radius 1 is 0.957 bits per heavy atom. The minimum absolute atomic E-state index is 0.0639. The van der Waals surface area contributed by atoms with Gasteiger partial charge in [0.2, 0.25) is 0 Å². The number of aromatic nitrogens is 1. The second-order valence-electron chi connectivity index (χ2n) is 5.37. The van der Waals surface area contributed by atoms with E-state index in [1.165, 1.54) is 0 Å². The Labute approximate surface area is 136 Å². The third kappa shape index (κ3) is 3.46. The molecule has 0 aliphatic rings. The summed E-state index contributed by atoms with van der Waals surface area (Å²) >= 11 is 0. The van der Waals surface area contributed by atoms with E-state index in [9.17, 15) is 4.79 Å². The normalized spacial score (nSPS) is 10.3. The molecule has 3 rings (SSSR count). The Bertz CT molecular complexity index is 813. The summed E-state index contributed by atoms with van der Waals surface area (Å²) in [5.41, 5.74) is 4.63. The van der Waals surface area contributed by atoms with Crippen LogP contribution in [-0.2, 0) is 6.54 Å². The van der Waals surface area contributed by atoms with Crippen LogP contribution in [0, 0.1) is 6.92 Å². The van der Waals surface area contributed by atoms with Crippen LogP contribution in [0.15, 0.2) is 72.9 Å². The van der Waals surface area contributed by atoms with Crippen molar-refractivity contribution in [2.75, 3.05) is 0 Å². The summed E-state index contributed by atoms with van der Waals surface area (Å²) in [5, 5.41) is 2.99. The fraction of sp³-hybridized carbons (Fsp3) is 0.100. The van der Waals surface area contributed by atoms with E-state index in [4.69, 9.17) is 0 Å². The Morgan fingerprint density at radius 3 is 2.48 bits per heavy atom. The van der Waals surface area contributed by atoms with Gasteiger partial charge in [0.15, 0.2) is 0 Å². The quantitative estimate of drug-likeness (QED) is 0.792. The van der Waals surface area contributed by atoms with Crippen molar-refractivity contribution in [3.8, 4) is 11.3 Å². The van der Waals surface area contributed by atoms with Crippen LogP contribution in [0.2, 0.25) is 0 Å². The van der Waals surface area contributed by atoms with Crippen LogP contribution >= 0.6 is 0 Å². The van der Waals surface area contributed by atoms with Crippen molar-refractivity contribution in [2.24, 2.45) is 0 Å². The molecule has 1 heterocycles. The zero-order valence-electron chi connectivity index (χ0n) is 13.0. The van der Waals surface area contributed by atoms with Crippen molar-refractivity contribution in [1.82, 2.24) is 10.3 Å². The molecule has 0 spiro atoms. The van der Waals surface area contributed by atoms with Gasteiger partial charge in [-0.3, -0.25) is 9.78 Å². The van der Waals surface area contributed by atoms with E-state index in [1.807, 2.05) is 73.7 Å². The van der Waals surface area contributed by atoms with Gasteiger partial charge in [-0.25, -0.2) is 0 Å². The fourth-order valence-electron chi connectivity index (χ4n) is 2.54. The molecule has 1 N–H and O–H groups in total. The summed E-state index contributed by atoms with van der Waals surface area (Å²) < 4.78 is 0. The van der Waals surface area contributed by atoms with Gasteiger partial charge in [-0.2, -0.15) is 0 Å². The summed E-state index contributed by atoms with van der Waals surface area (Å²) in [4.78, 5) is 16.8. The third-order valence-electron chi connectivity index (χ3n) is 3.77. The standard InChI is InChI=1S/C20H18N2O/c1-15-8-5-6-12-18(15)20(23)22-14-17-11-7-13-21-19(17)16-9-3-2-4-10-16/h2-13H,14H2,1H3,(H,22,23). The minimum atomic E-state index is -0.0639. The minimum Gasteiger partial charge on any atom is -0.348 e. The highest BCUT2D eigenvalue weighted by Gasteiger charge is 2.10. The highest BCUT2D eigenvalue weighted by atomic mass is 16.1. The van der Waals surface area contributed by atoms with Crippen molar-refractivity contribution < 1.29 is 4.79 Å². The summed E-state index contributed by atoms with van der Waals surface area (Å²) in [6.45, 7) is 2.39. The average Bonchev–Trinajstić information content (AvgIpc) is 2.61. The molecule has 1 amide bonds. The summed E-state index contributed by atoms with van der Waals surface area (Å²) in [6.07, 6.45) is 1.77. The van der Waals surface area contributed by atoms with E-state index in [0.29, 0.717) is 12.1 Å². The van der Waals surface area contributed by atoms with Gasteiger partial charge in [-0.05, 0) is 30.2 Å². The van der Waals surface area contributed by atoms with E-state index in [0.717, 1.165) is 22.4 Å². The molecule has 0 unspecified atom stereocenters. The first-order valence-electron chi connectivity index (χ1n) is 7.59. The van der Waals surface area contributed by atoms with Gasteiger partial charge in [0.1, 0.15) is 0 Å². The molecule has 23 heavy (non-hydrogen) atoms. The van der Waals surface area contributed by atoms with E-state index >= 15 is 0 Å². The van der Waals surface area contributed by atoms with Crippen LogP contribution in [0.3, 0.4) is 0 Å². The second kappa shape index (κ2) is 6.88. The number of nitrogens with one attached hydrogen (secondary N) is 1. The zero-order valence-corrected chi connectivity index (χ0v) is 13.0. The zero-order chi connectivity index (χ0) is 16.1. The Kier molecular flexibility index (Phi) is 4.48. The maximum Gasteiger partial charge on any atom is 0.251 e. The Balaban J connectivity index is 1.79. The van der Waals surface area contributed by atoms with Gasteiger partial charge >= 0.3 is 0 Å². The van der Waals surface area contributed by atoms with E-state index < -0.39 is 0 Å². The lowest BCUT2D eigenvalue weighted by Gasteiger charge is -2.11. The van der Waals surface area contributed by atoms with Crippen molar-refractivity contribution in [1.29, 1.82) is 0 Å². The van der Waals surface area contributed by atoms with Crippen LogP contribution in [0.4, 0.5) is 0 Å². The number of amides is 1. The first-order chi connectivity index (χ1) is 11.3. The molecule has 2 aromatic carbocycles. The predicted molar refractivity (Wildman–Crippen MR) is 92.0 cm³/mol. The van der Waals surface area contributed by atoms with Crippen LogP contribution in [0.25, 0.3) is 11.3 Å². The van der Waals surface area contributed by atoms with Gasteiger partial charge in [0, 0.05) is 23.9 Å². The average molecular weight is 302 g/mol. The lowest BCUT2D eigenvalue weighted by molar-refractivity contribution is 0.0950. The molecule has 3 heteroatoms. The summed E-state index contributed by atoms with van der Waals surface area (Å²) in [7, 11) is 0. The lowest BCUT2D eigenvalue weighted by atomic mass is 10.1. The predicted octanol–water partition coefficient (Wildman–Crippen LogP) is 3.99. The molecule has 0 atom stereocenters. The number of nitrogens with zero attached hydrogens (tertiary/aromatic N) is 1. The summed E-state index contributed by atoms with van der Waals surface area (Å²) in [6, 6.07) is 21.5. The summed E-state index contributed by atoms with van der Waals surface area (Å²) in [5.74, 6) is -0.0639. The molecule has 0 bridgehead atoms. The second-order valence-corrected chi connectivity index (χ2v) is 5.37. The Hall–Kier alpha value is -2.94. The molecule has 0 aliphatic carbocycles. The molecule has 0 radical (unpaired) electrons. The van der Waals surface area contributed by atoms with Crippen molar-refractivity contribution >= 4 is 5.91 Å². The molecule has 0 saturated heterocycles. The topological polar surface area (TPSA) is 42.0 Å². The van der Waals surface area contributed by atoms with Gasteiger partial charge in [0.25, 0.3) is 5.91 Å². The van der Waals surface area contributed by atoms with E-state index in [-0.39, 0.29) is 5.91 Å². The van der Waals surface area contributed by atoms with Crippen molar-refractivity contribution in [3.05, 3.63) is 89.6 Å². The molecule has 0 fully saturated rings. The largest absolute Gasteiger partial charge is 0.348 e. The fourth-order valence-corrected chi connectivity index (χ4v) is 2.54. The molecule has 3 aromatic rings. The number of rotatable bonds is 4. The molecule has 0 aliphatic heterocycles. The number of aryl methyl sites for hydroxylation is 1. The number of pyridine rings is 1. The van der Waals surface area contributed by atoms with Gasteiger partial charge in [-0.15, -0.1) is 0 Å². The van der Waals surface area contributed by atoms with Crippen LogP contribution in [0.1, 0.15) is 21.5 Å². The SMILES string of the molecule is Cc1ccccc1C(=O)NCc1cccnc1-c1ccccc1. The van der Waals surface area contributed by atoms with Crippen LogP contribution < -0.4 is 5.32 Å². The maximum atomic E-state index is 12.4. The molecular formula is C20H18N2O. The number of hydrogen-bond acceptors (Lipinski definition) is 2. The van der Waals surface area contributed by atoms with Crippen molar-refractivity contribution in [2.45, 2.75) is 13.5 Å². The molecular weight excluding hydrogens is 284 g/mol. The van der Waals surface area contributed by atoms with Gasteiger partial charge in [0.05, 0.1) is 5.69 Å². The third-order valence-corrected chi connectivity index (χ3v) is 3.77. The number of carbonyl (C=O) groups is 1. The Morgan fingerprint density at radius 2 is 1.70 bits per heavy atom. The van der Waals surface area contributed by atoms with Crippen LogP contribution in [0.5, 0.6) is 0 Å². The molecule has 3 nitrogen and oxygen atoms in total. The number of carbonyl (C=O) groups excluding carboxylic acids is 1. The van der Waals surface area contributed by atoms with Crippen molar-refractivity contribution in [3.63, 3.8) is 0 Å². The molecule has 0 saturated carbocycles. The molecule has 1 aromatic heterocycles. The van der Waals surface area contributed by atoms with Gasteiger partial charge < -0.3 is 5.32 Å². The van der Waals surface area contributed by atoms with Crippen LogP contribution in [-0.4, -0.2) is 10.9 Å². The highest BCUT2D eigenvalue weighted by Crippen LogP contribution is 2.20. The van der Waals surface area contributed by atoms with E-state index in [2.05, 4.69) is 10.3 Å². The maximum absolute atomic E-state index is 12.4. The first kappa shape index (κ1) is 15.0. The first-order valence-corrected chi connectivity index (χ1v) is 7.59. The smallest absolute Gasteiger partial charge is 0.251 e. The highest BCUT2D eigenvalue weighted by molar-refractivity contribution is 5.95. The van der Waals surface area contributed by atoms with E-state index in [1.54, 1.807) is 6.20 Å².